The van der Waals surface area contributed by atoms with Gasteiger partial charge in [0.1, 0.15) is 6.10 Å². The molecule has 0 aliphatic carbocycles. The normalized spacial score (nSPS) is 21.3. The van der Waals surface area contributed by atoms with Gasteiger partial charge in [0, 0.05) is 52.5 Å². The number of amides is 2. The average Bonchev–Trinajstić information content (AvgIpc) is 3.18. The van der Waals surface area contributed by atoms with E-state index >= 15 is 0 Å². The molecule has 0 N–H and O–H groups in total. The van der Waals surface area contributed by atoms with Crippen LogP contribution in [0, 0.1) is 0 Å². The fourth-order valence-corrected chi connectivity index (χ4v) is 2.97. The summed E-state index contributed by atoms with van der Waals surface area (Å²) in [4.78, 5) is 26.6. The maximum atomic E-state index is 12.4. The van der Waals surface area contributed by atoms with E-state index in [4.69, 9.17) is 4.74 Å². The summed E-state index contributed by atoms with van der Waals surface area (Å²) in [5, 5.41) is 0. The highest BCUT2D eigenvalue weighted by Crippen LogP contribution is 2.24. The van der Waals surface area contributed by atoms with Crippen LogP contribution in [0.2, 0.25) is 0 Å². The van der Waals surface area contributed by atoms with Crippen molar-refractivity contribution in [3.05, 3.63) is 12.4 Å². The summed E-state index contributed by atoms with van der Waals surface area (Å²) in [6, 6.07) is 0.149. The van der Waals surface area contributed by atoms with E-state index < -0.39 is 0 Å². The number of urea groups is 1. The Labute approximate surface area is 130 Å². The third-order valence-electron chi connectivity index (χ3n) is 4.14. The van der Waals surface area contributed by atoms with E-state index in [1.54, 1.807) is 12.4 Å². The van der Waals surface area contributed by atoms with Gasteiger partial charge in [-0.25, -0.2) is 14.8 Å². The van der Waals surface area contributed by atoms with Crippen LogP contribution in [0.5, 0.6) is 5.88 Å². The number of aromatic nitrogens is 2. The lowest BCUT2D eigenvalue weighted by atomic mass is 10.3. The Hall–Kier alpha value is -2.05. The molecule has 2 saturated heterocycles. The zero-order chi connectivity index (χ0) is 15.5. The number of likely N-dealkylation sites (tertiary alicyclic amines) is 2. The predicted molar refractivity (Wildman–Crippen MR) is 83.2 cm³/mol. The van der Waals surface area contributed by atoms with Gasteiger partial charge in [-0.3, -0.25) is 0 Å². The smallest absolute Gasteiger partial charge is 0.320 e. The molecule has 1 aromatic heterocycles. The van der Waals surface area contributed by atoms with Gasteiger partial charge in [-0.1, -0.05) is 0 Å². The van der Waals surface area contributed by atoms with Gasteiger partial charge in [-0.15, -0.1) is 0 Å². The van der Waals surface area contributed by atoms with E-state index in [0.29, 0.717) is 18.2 Å². The molecule has 0 spiro atoms. The van der Waals surface area contributed by atoms with E-state index in [9.17, 15) is 4.79 Å². The molecular formula is C15H23N5O2. The van der Waals surface area contributed by atoms with E-state index in [1.807, 2.05) is 28.8 Å². The van der Waals surface area contributed by atoms with Crippen LogP contribution in [0.4, 0.5) is 10.6 Å². The van der Waals surface area contributed by atoms with Crippen LogP contribution in [0.15, 0.2) is 12.4 Å². The molecule has 1 atom stereocenters. The lowest BCUT2D eigenvalue weighted by Crippen LogP contribution is -2.41. The van der Waals surface area contributed by atoms with Gasteiger partial charge >= 0.3 is 6.03 Å². The maximum absolute atomic E-state index is 12.4. The Balaban J connectivity index is 1.60. The Morgan fingerprint density at radius 3 is 2.64 bits per heavy atom. The van der Waals surface area contributed by atoms with Crippen LogP contribution in [0.25, 0.3) is 0 Å². The topological polar surface area (TPSA) is 61.8 Å². The molecule has 0 bridgehead atoms. The second-order valence-electron chi connectivity index (χ2n) is 6.03. The van der Waals surface area contributed by atoms with Crippen molar-refractivity contribution in [1.82, 2.24) is 19.8 Å². The third-order valence-corrected chi connectivity index (χ3v) is 4.14. The molecule has 0 aromatic carbocycles. The first-order chi connectivity index (χ1) is 10.6. The molecule has 0 saturated carbocycles. The van der Waals surface area contributed by atoms with Gasteiger partial charge in [-0.05, 0) is 12.8 Å². The summed E-state index contributed by atoms with van der Waals surface area (Å²) in [7, 11) is 3.82. The number of rotatable bonds is 3. The minimum absolute atomic E-state index is 0.0121. The Morgan fingerprint density at radius 1 is 1.18 bits per heavy atom. The SMILES string of the molecule is CN(C)c1nccnc1OC1CCN(C(=O)N2CCCC2)C1. The van der Waals surface area contributed by atoms with Crippen molar-refractivity contribution in [2.45, 2.75) is 25.4 Å². The molecule has 3 heterocycles. The number of anilines is 1. The van der Waals surface area contributed by atoms with E-state index in [-0.39, 0.29) is 12.1 Å². The summed E-state index contributed by atoms with van der Waals surface area (Å²) in [5.41, 5.74) is 0. The average molecular weight is 305 g/mol. The number of hydrogen-bond acceptors (Lipinski definition) is 5. The summed E-state index contributed by atoms with van der Waals surface area (Å²) >= 11 is 0. The molecule has 22 heavy (non-hydrogen) atoms. The van der Waals surface area contributed by atoms with Gasteiger partial charge in [0.25, 0.3) is 5.88 Å². The maximum Gasteiger partial charge on any atom is 0.320 e. The van der Waals surface area contributed by atoms with Gasteiger partial charge in [0.05, 0.1) is 6.54 Å². The first-order valence-electron chi connectivity index (χ1n) is 7.84. The fraction of sp³-hybridized carbons (Fsp3) is 0.667. The number of carbonyl (C=O) groups is 1. The van der Waals surface area contributed by atoms with Crippen molar-refractivity contribution >= 4 is 11.8 Å². The lowest BCUT2D eigenvalue weighted by Gasteiger charge is -2.24. The molecule has 2 amide bonds. The highest BCUT2D eigenvalue weighted by Gasteiger charge is 2.32. The first kappa shape index (κ1) is 14.9. The van der Waals surface area contributed by atoms with Crippen LogP contribution in [-0.4, -0.2) is 72.2 Å². The zero-order valence-electron chi connectivity index (χ0n) is 13.2. The Kier molecular flexibility index (Phi) is 4.31. The molecule has 2 fully saturated rings. The molecule has 7 heteroatoms. The predicted octanol–water partition coefficient (Wildman–Crippen LogP) is 1.21. The molecule has 3 rings (SSSR count). The van der Waals surface area contributed by atoms with Gasteiger partial charge < -0.3 is 19.4 Å². The molecular weight excluding hydrogens is 282 g/mol. The van der Waals surface area contributed by atoms with Crippen molar-refractivity contribution in [3.63, 3.8) is 0 Å². The fourth-order valence-electron chi connectivity index (χ4n) is 2.97. The molecule has 0 radical (unpaired) electrons. The lowest BCUT2D eigenvalue weighted by molar-refractivity contribution is 0.159. The summed E-state index contributed by atoms with van der Waals surface area (Å²) < 4.78 is 5.98. The van der Waals surface area contributed by atoms with Gasteiger partial charge in [0.2, 0.25) is 0 Å². The van der Waals surface area contributed by atoms with Crippen LogP contribution in [0.1, 0.15) is 19.3 Å². The van der Waals surface area contributed by atoms with Gasteiger partial charge in [0.15, 0.2) is 5.82 Å². The van der Waals surface area contributed by atoms with Crippen molar-refractivity contribution in [2.24, 2.45) is 0 Å². The van der Waals surface area contributed by atoms with E-state index in [2.05, 4.69) is 9.97 Å². The van der Waals surface area contributed by atoms with E-state index in [0.717, 1.165) is 38.9 Å². The highest BCUT2D eigenvalue weighted by molar-refractivity contribution is 5.75. The standard InChI is InChI=1S/C15H23N5O2/c1-18(2)13-14(17-7-6-16-13)22-12-5-10-20(11-12)15(21)19-8-3-4-9-19/h6-7,12H,3-5,8-11H2,1-2H3. The second-order valence-corrected chi connectivity index (χ2v) is 6.03. The Morgan fingerprint density at radius 2 is 1.91 bits per heavy atom. The third kappa shape index (κ3) is 3.08. The minimum atomic E-state index is -0.0121. The molecule has 7 nitrogen and oxygen atoms in total. The summed E-state index contributed by atoms with van der Waals surface area (Å²) in [6.45, 7) is 3.14. The molecule has 120 valence electrons. The molecule has 2 aliphatic heterocycles. The highest BCUT2D eigenvalue weighted by atomic mass is 16.5. The van der Waals surface area contributed by atoms with Crippen LogP contribution in [-0.2, 0) is 0 Å². The second kappa shape index (κ2) is 6.37. The summed E-state index contributed by atoms with van der Waals surface area (Å²) in [5.74, 6) is 1.25. The van der Waals surface area contributed by atoms with Crippen molar-refractivity contribution in [3.8, 4) is 5.88 Å². The van der Waals surface area contributed by atoms with Crippen molar-refractivity contribution < 1.29 is 9.53 Å². The number of carbonyl (C=O) groups excluding carboxylic acids is 1. The monoisotopic (exact) mass is 305 g/mol. The molecule has 1 unspecified atom stereocenters. The molecule has 2 aliphatic rings. The number of hydrogen-bond donors (Lipinski definition) is 0. The quantitative estimate of drug-likeness (QED) is 0.840. The first-order valence-corrected chi connectivity index (χ1v) is 7.84. The van der Waals surface area contributed by atoms with Crippen LogP contribution < -0.4 is 9.64 Å². The summed E-state index contributed by atoms with van der Waals surface area (Å²) in [6.07, 6.45) is 6.34. The van der Waals surface area contributed by atoms with Crippen LogP contribution >= 0.6 is 0 Å². The van der Waals surface area contributed by atoms with Crippen molar-refractivity contribution in [2.75, 3.05) is 45.2 Å². The minimum Gasteiger partial charge on any atom is -0.470 e. The number of nitrogens with zero attached hydrogens (tertiary/aromatic N) is 5. The molecule has 1 aromatic rings. The van der Waals surface area contributed by atoms with E-state index in [1.165, 1.54) is 0 Å². The van der Waals surface area contributed by atoms with Crippen LogP contribution in [0.3, 0.4) is 0 Å². The zero-order valence-corrected chi connectivity index (χ0v) is 13.2. The number of ether oxygens (including phenoxy) is 1. The van der Waals surface area contributed by atoms with Crippen molar-refractivity contribution in [1.29, 1.82) is 0 Å². The Bertz CT molecular complexity index is 530. The largest absolute Gasteiger partial charge is 0.470 e. The van der Waals surface area contributed by atoms with Gasteiger partial charge in [-0.2, -0.15) is 0 Å².